The van der Waals surface area contributed by atoms with Crippen LogP contribution >= 0.6 is 0 Å². The Hall–Kier alpha value is -0.900. The molecule has 112 valence electrons. The van der Waals surface area contributed by atoms with E-state index < -0.39 is 0 Å². The van der Waals surface area contributed by atoms with Crippen LogP contribution in [0.2, 0.25) is 0 Å². The first-order valence-corrected chi connectivity index (χ1v) is 7.62. The molecule has 20 heavy (non-hydrogen) atoms. The minimum atomic E-state index is 0.349. The Labute approximate surface area is 123 Å². The van der Waals surface area contributed by atoms with E-state index in [1.165, 1.54) is 16.7 Å². The van der Waals surface area contributed by atoms with Gasteiger partial charge in [-0.3, -0.25) is 4.90 Å². The van der Waals surface area contributed by atoms with Crippen molar-refractivity contribution in [3.8, 4) is 0 Å². The summed E-state index contributed by atoms with van der Waals surface area (Å²) in [6.45, 7) is 9.69. The summed E-state index contributed by atoms with van der Waals surface area (Å²) in [4.78, 5) is 4.92. The lowest BCUT2D eigenvalue weighted by molar-refractivity contribution is 0.219. The second kappa shape index (κ2) is 6.25. The molecule has 0 aromatic heterocycles. The van der Waals surface area contributed by atoms with Gasteiger partial charge in [0.1, 0.15) is 0 Å². The lowest BCUT2D eigenvalue weighted by Gasteiger charge is -2.29. The summed E-state index contributed by atoms with van der Waals surface area (Å²) in [5.41, 5.74) is 10.3. The average molecular weight is 275 g/mol. The third-order valence-electron chi connectivity index (χ3n) is 4.93. The summed E-state index contributed by atoms with van der Waals surface area (Å²) < 4.78 is 0. The Bertz CT molecular complexity index is 456. The van der Waals surface area contributed by atoms with Gasteiger partial charge in [-0.15, -0.1) is 0 Å². The maximum absolute atomic E-state index is 6.12. The van der Waals surface area contributed by atoms with Crippen molar-refractivity contribution in [2.75, 3.05) is 33.7 Å². The van der Waals surface area contributed by atoms with Gasteiger partial charge in [-0.2, -0.15) is 0 Å². The van der Waals surface area contributed by atoms with E-state index in [1.807, 2.05) is 0 Å². The summed E-state index contributed by atoms with van der Waals surface area (Å²) in [6, 6.07) is 7.56. The molecule has 0 spiro atoms. The van der Waals surface area contributed by atoms with Gasteiger partial charge in [-0.05, 0) is 50.6 Å². The van der Waals surface area contributed by atoms with E-state index in [-0.39, 0.29) is 0 Å². The first kappa shape index (κ1) is 15.5. The highest BCUT2D eigenvalue weighted by Gasteiger charge is 2.35. The van der Waals surface area contributed by atoms with Gasteiger partial charge in [0.05, 0.1) is 0 Å². The molecular weight excluding hydrogens is 246 g/mol. The highest BCUT2D eigenvalue weighted by Crippen LogP contribution is 2.31. The number of aryl methyl sites for hydroxylation is 1. The Kier molecular flexibility index (Phi) is 4.84. The summed E-state index contributed by atoms with van der Waals surface area (Å²) in [6.07, 6.45) is 0. The van der Waals surface area contributed by atoms with Gasteiger partial charge in [0.25, 0.3) is 0 Å². The summed E-state index contributed by atoms with van der Waals surface area (Å²) >= 11 is 0. The predicted octanol–water partition coefficient (Wildman–Crippen LogP) is 2.19. The molecule has 2 rings (SSSR count). The van der Waals surface area contributed by atoms with Crippen LogP contribution in [0.4, 0.5) is 0 Å². The van der Waals surface area contributed by atoms with Crippen LogP contribution in [0.1, 0.15) is 29.7 Å². The van der Waals surface area contributed by atoms with Gasteiger partial charge in [-0.25, -0.2) is 0 Å². The van der Waals surface area contributed by atoms with E-state index in [9.17, 15) is 0 Å². The lowest BCUT2D eigenvalue weighted by Crippen LogP contribution is -2.37. The lowest BCUT2D eigenvalue weighted by atomic mass is 9.96. The van der Waals surface area contributed by atoms with Crippen molar-refractivity contribution in [2.24, 2.45) is 11.7 Å². The monoisotopic (exact) mass is 275 g/mol. The van der Waals surface area contributed by atoms with E-state index in [4.69, 9.17) is 5.73 Å². The van der Waals surface area contributed by atoms with Gasteiger partial charge in [0.2, 0.25) is 0 Å². The average Bonchev–Trinajstić information content (AvgIpc) is 2.77. The van der Waals surface area contributed by atoms with Gasteiger partial charge in [0.15, 0.2) is 0 Å². The molecular formula is C17H29N3. The van der Waals surface area contributed by atoms with Crippen LogP contribution in [0.25, 0.3) is 0 Å². The molecule has 1 heterocycles. The fourth-order valence-electron chi connectivity index (χ4n) is 3.52. The predicted molar refractivity (Wildman–Crippen MR) is 85.9 cm³/mol. The first-order valence-electron chi connectivity index (χ1n) is 7.62. The largest absolute Gasteiger partial charge is 0.329 e. The molecule has 0 amide bonds. The third-order valence-corrected chi connectivity index (χ3v) is 4.93. The fourth-order valence-corrected chi connectivity index (χ4v) is 3.52. The summed E-state index contributed by atoms with van der Waals surface area (Å²) in [5, 5.41) is 0. The number of benzene rings is 1. The molecule has 3 unspecified atom stereocenters. The number of likely N-dealkylation sites (tertiary alicyclic amines) is 1. The molecule has 0 bridgehead atoms. The SMILES string of the molecule is Cc1cccc(C(CN)N2CC(C)C(N(C)C)C2)c1C. The number of rotatable bonds is 4. The normalized spacial score (nSPS) is 25.4. The van der Waals surface area contributed by atoms with E-state index in [1.54, 1.807) is 0 Å². The second-order valence-electron chi connectivity index (χ2n) is 6.50. The molecule has 1 fully saturated rings. The number of nitrogens with zero attached hydrogens (tertiary/aromatic N) is 2. The number of hydrogen-bond acceptors (Lipinski definition) is 3. The molecule has 3 atom stereocenters. The molecule has 0 radical (unpaired) electrons. The summed E-state index contributed by atoms with van der Waals surface area (Å²) in [7, 11) is 4.36. The molecule has 3 nitrogen and oxygen atoms in total. The van der Waals surface area contributed by atoms with Crippen LogP contribution in [0.15, 0.2) is 18.2 Å². The van der Waals surface area contributed by atoms with Crippen molar-refractivity contribution in [1.29, 1.82) is 0 Å². The Morgan fingerprint density at radius 2 is 2.00 bits per heavy atom. The molecule has 1 aliphatic heterocycles. The van der Waals surface area contributed by atoms with Crippen molar-refractivity contribution in [3.63, 3.8) is 0 Å². The van der Waals surface area contributed by atoms with Crippen molar-refractivity contribution < 1.29 is 0 Å². The van der Waals surface area contributed by atoms with Crippen LogP contribution in [0.3, 0.4) is 0 Å². The minimum Gasteiger partial charge on any atom is -0.329 e. The molecule has 1 aromatic rings. The van der Waals surface area contributed by atoms with Crippen molar-refractivity contribution >= 4 is 0 Å². The molecule has 3 heteroatoms. The van der Waals surface area contributed by atoms with Crippen LogP contribution in [0.5, 0.6) is 0 Å². The highest BCUT2D eigenvalue weighted by molar-refractivity contribution is 5.35. The Morgan fingerprint density at radius 3 is 2.55 bits per heavy atom. The number of nitrogens with two attached hydrogens (primary N) is 1. The molecule has 1 aromatic carbocycles. The van der Waals surface area contributed by atoms with Gasteiger partial charge < -0.3 is 10.6 Å². The minimum absolute atomic E-state index is 0.349. The topological polar surface area (TPSA) is 32.5 Å². The third kappa shape index (κ3) is 2.90. The molecule has 2 N–H and O–H groups in total. The van der Waals surface area contributed by atoms with E-state index in [0.717, 1.165) is 13.1 Å². The molecule has 1 saturated heterocycles. The van der Waals surface area contributed by atoms with Gasteiger partial charge in [0, 0.05) is 31.7 Å². The van der Waals surface area contributed by atoms with Crippen molar-refractivity contribution in [1.82, 2.24) is 9.80 Å². The van der Waals surface area contributed by atoms with Gasteiger partial charge in [-0.1, -0.05) is 25.1 Å². The first-order chi connectivity index (χ1) is 9.45. The number of likely N-dealkylation sites (N-methyl/N-ethyl adjacent to an activating group) is 1. The standard InChI is InChI=1S/C17H29N3/c1-12-7-6-8-15(14(12)3)16(9-18)20-10-13(2)17(11-20)19(4)5/h6-8,13,16-17H,9-11,18H2,1-5H3. The van der Waals surface area contributed by atoms with Crippen molar-refractivity contribution in [2.45, 2.75) is 32.9 Å². The van der Waals surface area contributed by atoms with Crippen LogP contribution in [0, 0.1) is 19.8 Å². The quantitative estimate of drug-likeness (QED) is 0.914. The zero-order chi connectivity index (χ0) is 14.9. The highest BCUT2D eigenvalue weighted by atomic mass is 15.3. The molecule has 1 aliphatic rings. The Morgan fingerprint density at radius 1 is 1.30 bits per heavy atom. The smallest absolute Gasteiger partial charge is 0.0473 e. The van der Waals surface area contributed by atoms with Crippen molar-refractivity contribution in [3.05, 3.63) is 34.9 Å². The summed E-state index contributed by atoms with van der Waals surface area (Å²) in [5.74, 6) is 0.698. The van der Waals surface area contributed by atoms with Crippen LogP contribution in [-0.2, 0) is 0 Å². The van der Waals surface area contributed by atoms with E-state index >= 15 is 0 Å². The Balaban J connectivity index is 2.23. The fraction of sp³-hybridized carbons (Fsp3) is 0.647. The van der Waals surface area contributed by atoms with Crippen LogP contribution in [-0.4, -0.2) is 49.6 Å². The zero-order valence-electron chi connectivity index (χ0n) is 13.6. The number of hydrogen-bond donors (Lipinski definition) is 1. The maximum atomic E-state index is 6.12. The molecule has 0 saturated carbocycles. The van der Waals surface area contributed by atoms with Crippen LogP contribution < -0.4 is 5.73 Å². The van der Waals surface area contributed by atoms with Gasteiger partial charge >= 0.3 is 0 Å². The molecule has 0 aliphatic carbocycles. The maximum Gasteiger partial charge on any atom is 0.0473 e. The second-order valence-corrected chi connectivity index (χ2v) is 6.50. The van der Waals surface area contributed by atoms with E-state index in [0.29, 0.717) is 24.5 Å². The zero-order valence-corrected chi connectivity index (χ0v) is 13.6. The van der Waals surface area contributed by atoms with E-state index in [2.05, 4.69) is 62.9 Å².